The van der Waals surface area contributed by atoms with E-state index in [1.165, 1.54) is 0 Å². The monoisotopic (exact) mass is 579 g/mol. The van der Waals surface area contributed by atoms with Gasteiger partial charge in [0.05, 0.1) is 24.8 Å². The highest BCUT2D eigenvalue weighted by molar-refractivity contribution is 6.33. The lowest BCUT2D eigenvalue weighted by molar-refractivity contribution is 0.00333. The average molecular weight is 581 g/mol. The Kier molecular flexibility index (Phi) is 9.07. The maximum Gasteiger partial charge on any atom is 0.259 e. The van der Waals surface area contributed by atoms with E-state index in [0.29, 0.717) is 72.0 Å². The number of nitrogens with zero attached hydrogens (tertiary/aromatic N) is 3. The van der Waals surface area contributed by atoms with Crippen LogP contribution in [-0.2, 0) is 11.3 Å². The van der Waals surface area contributed by atoms with E-state index in [1.54, 1.807) is 20.1 Å². The Morgan fingerprint density at radius 1 is 1.00 bits per heavy atom. The van der Waals surface area contributed by atoms with Crippen molar-refractivity contribution in [3.63, 3.8) is 0 Å². The Bertz CT molecular complexity index is 1470. The second kappa shape index (κ2) is 12.9. The quantitative estimate of drug-likeness (QED) is 0.220. The third-order valence-electron chi connectivity index (χ3n) is 7.09. The Morgan fingerprint density at radius 2 is 1.77 bits per heavy atom. The fourth-order valence-corrected chi connectivity index (χ4v) is 5.35. The Balaban J connectivity index is 1.27. The van der Waals surface area contributed by atoms with Gasteiger partial charge in [0.2, 0.25) is 0 Å². The number of carbonyl (C=O) groups excluding carboxylic acids is 1. The molecule has 1 aliphatic heterocycles. The molecule has 1 saturated heterocycles. The summed E-state index contributed by atoms with van der Waals surface area (Å²) in [5, 5.41) is 5.37. The van der Waals surface area contributed by atoms with Gasteiger partial charge in [0, 0.05) is 43.3 Å². The van der Waals surface area contributed by atoms with E-state index in [0.717, 1.165) is 16.9 Å². The SMILES string of the molecule is COc1cccc(C(CN2CCN(C(=O)c3c(-c4ccccc4Cl)noc3C)CC2)OCc2cccc(Cl)c2)c1. The molecule has 0 saturated carbocycles. The van der Waals surface area contributed by atoms with Crippen LogP contribution in [-0.4, -0.2) is 60.7 Å². The van der Waals surface area contributed by atoms with Crippen molar-refractivity contribution in [3.8, 4) is 17.0 Å². The van der Waals surface area contributed by atoms with E-state index in [9.17, 15) is 4.79 Å². The number of halogens is 2. The molecule has 1 amide bonds. The second-order valence-electron chi connectivity index (χ2n) is 9.74. The number of hydrogen-bond donors (Lipinski definition) is 0. The van der Waals surface area contributed by atoms with Gasteiger partial charge in [-0.05, 0) is 48.4 Å². The Hall–Kier alpha value is -3.36. The van der Waals surface area contributed by atoms with Gasteiger partial charge in [-0.25, -0.2) is 0 Å². The first-order valence-electron chi connectivity index (χ1n) is 13.2. The van der Waals surface area contributed by atoms with Gasteiger partial charge in [-0.3, -0.25) is 9.69 Å². The number of aryl methyl sites for hydroxylation is 1. The molecule has 40 heavy (non-hydrogen) atoms. The van der Waals surface area contributed by atoms with Gasteiger partial charge in [0.1, 0.15) is 22.8 Å². The fourth-order valence-electron chi connectivity index (χ4n) is 4.91. The van der Waals surface area contributed by atoms with Gasteiger partial charge >= 0.3 is 0 Å². The predicted octanol–water partition coefficient (Wildman–Crippen LogP) is 6.68. The molecule has 2 heterocycles. The summed E-state index contributed by atoms with van der Waals surface area (Å²) in [6.07, 6.45) is -0.191. The molecule has 0 aliphatic carbocycles. The molecule has 5 rings (SSSR count). The van der Waals surface area contributed by atoms with Crippen LogP contribution >= 0.6 is 23.2 Å². The molecule has 208 valence electrons. The number of hydrogen-bond acceptors (Lipinski definition) is 6. The first-order valence-corrected chi connectivity index (χ1v) is 13.9. The van der Waals surface area contributed by atoms with Gasteiger partial charge in [-0.15, -0.1) is 0 Å². The predicted molar refractivity (Wildman–Crippen MR) is 156 cm³/mol. The van der Waals surface area contributed by atoms with Crippen molar-refractivity contribution in [2.24, 2.45) is 0 Å². The van der Waals surface area contributed by atoms with Crippen molar-refractivity contribution in [1.82, 2.24) is 15.0 Å². The minimum Gasteiger partial charge on any atom is -0.497 e. The summed E-state index contributed by atoms with van der Waals surface area (Å²) < 4.78 is 17.3. The number of carbonyl (C=O) groups is 1. The number of amides is 1. The summed E-state index contributed by atoms with van der Waals surface area (Å²) >= 11 is 12.6. The second-order valence-corrected chi connectivity index (χ2v) is 10.6. The van der Waals surface area contributed by atoms with Crippen LogP contribution in [0.3, 0.4) is 0 Å². The third kappa shape index (κ3) is 6.50. The van der Waals surface area contributed by atoms with Gasteiger partial charge in [-0.1, -0.05) is 70.8 Å². The van der Waals surface area contributed by atoms with Gasteiger partial charge in [0.15, 0.2) is 0 Å². The Labute approximate surface area is 244 Å². The molecule has 3 aromatic carbocycles. The molecule has 0 radical (unpaired) electrons. The van der Waals surface area contributed by atoms with E-state index in [1.807, 2.05) is 65.6 Å². The molecule has 1 atom stereocenters. The number of piperazine rings is 1. The van der Waals surface area contributed by atoms with Crippen molar-refractivity contribution >= 4 is 29.1 Å². The molecule has 0 spiro atoms. The smallest absolute Gasteiger partial charge is 0.259 e. The molecule has 1 fully saturated rings. The average Bonchev–Trinajstić information content (AvgIpc) is 3.36. The van der Waals surface area contributed by atoms with E-state index in [-0.39, 0.29) is 12.0 Å². The molecule has 4 aromatic rings. The molecule has 1 aromatic heterocycles. The molecular formula is C31H31Cl2N3O4. The van der Waals surface area contributed by atoms with Gasteiger partial charge in [0.25, 0.3) is 5.91 Å². The first kappa shape index (κ1) is 28.2. The molecule has 0 N–H and O–H groups in total. The van der Waals surface area contributed by atoms with Crippen molar-refractivity contribution in [2.75, 3.05) is 39.8 Å². The number of benzene rings is 3. The van der Waals surface area contributed by atoms with Crippen molar-refractivity contribution in [2.45, 2.75) is 19.6 Å². The molecule has 1 aliphatic rings. The summed E-state index contributed by atoms with van der Waals surface area (Å²) in [7, 11) is 1.66. The summed E-state index contributed by atoms with van der Waals surface area (Å²) in [5.74, 6) is 1.16. The maximum absolute atomic E-state index is 13.6. The Morgan fingerprint density at radius 3 is 2.52 bits per heavy atom. The third-order valence-corrected chi connectivity index (χ3v) is 7.66. The van der Waals surface area contributed by atoms with E-state index >= 15 is 0 Å². The van der Waals surface area contributed by atoms with E-state index in [4.69, 9.17) is 37.2 Å². The zero-order valence-corrected chi connectivity index (χ0v) is 24.0. The minimum absolute atomic E-state index is 0.102. The zero-order valence-electron chi connectivity index (χ0n) is 22.5. The molecule has 1 unspecified atom stereocenters. The highest BCUT2D eigenvalue weighted by Gasteiger charge is 2.30. The van der Waals surface area contributed by atoms with Crippen LogP contribution in [0.15, 0.2) is 77.3 Å². The molecule has 0 bridgehead atoms. The minimum atomic E-state index is -0.191. The lowest BCUT2D eigenvalue weighted by Gasteiger charge is -2.36. The van der Waals surface area contributed by atoms with E-state index < -0.39 is 0 Å². The van der Waals surface area contributed by atoms with Crippen LogP contribution in [0.5, 0.6) is 5.75 Å². The largest absolute Gasteiger partial charge is 0.497 e. The van der Waals surface area contributed by atoms with Gasteiger partial charge in [-0.2, -0.15) is 0 Å². The number of aromatic nitrogens is 1. The highest BCUT2D eigenvalue weighted by atomic mass is 35.5. The van der Waals surface area contributed by atoms with E-state index in [2.05, 4.69) is 16.1 Å². The van der Waals surface area contributed by atoms with Crippen molar-refractivity contribution < 1.29 is 18.8 Å². The summed E-state index contributed by atoms with van der Waals surface area (Å²) in [6, 6.07) is 23.0. The summed E-state index contributed by atoms with van der Waals surface area (Å²) in [6.45, 7) is 5.42. The maximum atomic E-state index is 13.6. The lowest BCUT2D eigenvalue weighted by atomic mass is 10.0. The number of ether oxygens (including phenoxy) is 2. The fraction of sp³-hybridized carbons (Fsp3) is 0.290. The van der Waals surface area contributed by atoms with Crippen LogP contribution in [0.1, 0.15) is 33.3 Å². The van der Waals surface area contributed by atoms with Crippen molar-refractivity contribution in [3.05, 3.63) is 105 Å². The first-order chi connectivity index (χ1) is 19.4. The molecule has 7 nitrogen and oxygen atoms in total. The van der Waals surface area contributed by atoms with Crippen molar-refractivity contribution in [1.29, 1.82) is 0 Å². The normalized spacial score (nSPS) is 14.8. The highest BCUT2D eigenvalue weighted by Crippen LogP contribution is 2.32. The summed E-state index contributed by atoms with van der Waals surface area (Å²) in [4.78, 5) is 17.8. The molecular weight excluding hydrogens is 549 g/mol. The van der Waals surface area contributed by atoms with Crippen LogP contribution < -0.4 is 4.74 Å². The zero-order chi connectivity index (χ0) is 28.1. The topological polar surface area (TPSA) is 68.0 Å². The van der Waals surface area contributed by atoms with Crippen LogP contribution in [0.4, 0.5) is 0 Å². The number of rotatable bonds is 9. The molecule has 9 heteroatoms. The van der Waals surface area contributed by atoms with Crippen LogP contribution in [0.25, 0.3) is 11.3 Å². The summed E-state index contributed by atoms with van der Waals surface area (Å²) in [5.41, 5.74) is 3.66. The van der Waals surface area contributed by atoms with Crippen LogP contribution in [0.2, 0.25) is 10.0 Å². The van der Waals surface area contributed by atoms with Crippen LogP contribution in [0, 0.1) is 6.92 Å². The number of methoxy groups -OCH3 is 1. The standard InChI is InChI=1S/C31H31Cl2N3O4/c1-21-29(30(34-40-21)26-11-3-4-12-27(26)33)31(37)36-15-13-35(14-16-36)19-28(23-8-6-10-25(18-23)38-2)39-20-22-7-5-9-24(32)17-22/h3-12,17-18,28H,13-16,19-20H2,1-2H3. The lowest BCUT2D eigenvalue weighted by Crippen LogP contribution is -2.49. The van der Waals surface area contributed by atoms with Gasteiger partial charge < -0.3 is 18.9 Å².